The number of nitrogens with zero attached hydrogens (tertiary/aromatic N) is 1. The third-order valence-corrected chi connectivity index (χ3v) is 3.12. The predicted molar refractivity (Wildman–Crippen MR) is 70.2 cm³/mol. The average molecular weight is 256 g/mol. The molecule has 0 aliphatic carbocycles. The second-order valence-electron chi connectivity index (χ2n) is 4.45. The van der Waals surface area contributed by atoms with Gasteiger partial charge in [0.2, 0.25) is 0 Å². The number of amides is 1. The zero-order chi connectivity index (χ0) is 13.4. The Kier molecular flexibility index (Phi) is 2.59. The molecule has 2 aromatic rings. The van der Waals surface area contributed by atoms with Gasteiger partial charge in [-0.2, -0.15) is 0 Å². The largest absolute Gasteiger partial charge is 0.467 e. The summed E-state index contributed by atoms with van der Waals surface area (Å²) in [6.45, 7) is 0.619. The number of carbonyl (C=O) groups excluding carboxylic acids is 2. The van der Waals surface area contributed by atoms with Crippen molar-refractivity contribution < 1.29 is 14.0 Å². The molecule has 19 heavy (non-hydrogen) atoms. The summed E-state index contributed by atoms with van der Waals surface area (Å²) in [6, 6.07) is 9.02. The SMILES string of the molecule is CN(Cc1ccco1)c1ccc2c(c1)NC(=O)C2=O. The van der Waals surface area contributed by atoms with Gasteiger partial charge in [0.05, 0.1) is 24.1 Å². The minimum Gasteiger partial charge on any atom is -0.467 e. The highest BCUT2D eigenvalue weighted by Crippen LogP contribution is 2.28. The summed E-state index contributed by atoms with van der Waals surface area (Å²) in [5, 5.41) is 2.56. The lowest BCUT2D eigenvalue weighted by Crippen LogP contribution is -2.15. The number of anilines is 2. The molecular formula is C14H12N2O3. The molecule has 1 aromatic carbocycles. The van der Waals surface area contributed by atoms with Crippen LogP contribution in [0.25, 0.3) is 0 Å². The van der Waals surface area contributed by atoms with E-state index >= 15 is 0 Å². The lowest BCUT2D eigenvalue weighted by atomic mass is 10.1. The van der Waals surface area contributed by atoms with E-state index in [1.165, 1.54) is 0 Å². The molecule has 1 aromatic heterocycles. The standard InChI is InChI=1S/C14H12N2O3/c1-16(8-10-3-2-6-19-10)9-4-5-11-12(7-9)15-14(18)13(11)17/h2-7H,8H2,1H3,(H,15,17,18). The fourth-order valence-corrected chi connectivity index (χ4v) is 2.10. The predicted octanol–water partition coefficient (Wildman–Crippen LogP) is 2.05. The van der Waals surface area contributed by atoms with Crippen LogP contribution < -0.4 is 10.2 Å². The molecule has 1 aliphatic heterocycles. The summed E-state index contributed by atoms with van der Waals surface area (Å²) >= 11 is 0. The fraction of sp³-hybridized carbons (Fsp3) is 0.143. The van der Waals surface area contributed by atoms with Gasteiger partial charge in [0, 0.05) is 12.7 Å². The van der Waals surface area contributed by atoms with Crippen LogP contribution in [0.2, 0.25) is 0 Å². The zero-order valence-electron chi connectivity index (χ0n) is 10.3. The quantitative estimate of drug-likeness (QED) is 0.854. The van der Waals surface area contributed by atoms with E-state index in [0.717, 1.165) is 11.4 Å². The Labute approximate surface area is 109 Å². The van der Waals surface area contributed by atoms with E-state index in [1.54, 1.807) is 18.4 Å². The molecular weight excluding hydrogens is 244 g/mol. The maximum absolute atomic E-state index is 11.5. The second-order valence-corrected chi connectivity index (χ2v) is 4.45. The molecule has 5 nitrogen and oxygen atoms in total. The molecule has 5 heteroatoms. The minimum atomic E-state index is -0.569. The highest BCUT2D eigenvalue weighted by molar-refractivity contribution is 6.51. The number of hydrogen-bond donors (Lipinski definition) is 1. The van der Waals surface area contributed by atoms with Crippen molar-refractivity contribution in [2.24, 2.45) is 0 Å². The molecule has 0 atom stereocenters. The number of carbonyl (C=O) groups is 2. The summed E-state index contributed by atoms with van der Waals surface area (Å²) in [4.78, 5) is 24.8. The Morgan fingerprint density at radius 1 is 1.26 bits per heavy atom. The van der Waals surface area contributed by atoms with Crippen molar-refractivity contribution in [1.29, 1.82) is 0 Å². The Balaban J connectivity index is 1.85. The van der Waals surface area contributed by atoms with Crippen LogP contribution in [-0.4, -0.2) is 18.7 Å². The molecule has 96 valence electrons. The third-order valence-electron chi connectivity index (χ3n) is 3.12. The van der Waals surface area contributed by atoms with Gasteiger partial charge < -0.3 is 14.6 Å². The van der Waals surface area contributed by atoms with Crippen molar-refractivity contribution in [3.8, 4) is 0 Å². The highest BCUT2D eigenvalue weighted by atomic mass is 16.3. The van der Waals surface area contributed by atoms with E-state index in [1.807, 2.05) is 30.1 Å². The molecule has 0 fully saturated rings. The zero-order valence-corrected chi connectivity index (χ0v) is 10.3. The Hall–Kier alpha value is -2.56. The summed E-state index contributed by atoms with van der Waals surface area (Å²) in [5.41, 5.74) is 1.91. The number of benzene rings is 1. The number of furan rings is 1. The van der Waals surface area contributed by atoms with Crippen LogP contribution in [0.4, 0.5) is 11.4 Å². The molecule has 0 saturated carbocycles. The normalized spacial score (nSPS) is 13.3. The first-order valence-corrected chi connectivity index (χ1v) is 5.88. The van der Waals surface area contributed by atoms with E-state index in [0.29, 0.717) is 17.8 Å². The van der Waals surface area contributed by atoms with Crippen LogP contribution in [0, 0.1) is 0 Å². The van der Waals surface area contributed by atoms with Crippen molar-refractivity contribution >= 4 is 23.1 Å². The Bertz CT molecular complexity index is 647. The molecule has 0 saturated heterocycles. The lowest BCUT2D eigenvalue weighted by Gasteiger charge is -2.18. The van der Waals surface area contributed by atoms with Crippen LogP contribution in [0.1, 0.15) is 16.1 Å². The van der Waals surface area contributed by atoms with E-state index in [9.17, 15) is 9.59 Å². The van der Waals surface area contributed by atoms with Crippen LogP contribution >= 0.6 is 0 Å². The molecule has 1 aliphatic rings. The average Bonchev–Trinajstić information content (AvgIpc) is 2.99. The summed E-state index contributed by atoms with van der Waals surface area (Å²) < 4.78 is 5.29. The number of ketones is 1. The Morgan fingerprint density at radius 2 is 2.11 bits per heavy atom. The number of rotatable bonds is 3. The summed E-state index contributed by atoms with van der Waals surface area (Å²) in [5.74, 6) is -0.195. The summed E-state index contributed by atoms with van der Waals surface area (Å²) in [6.07, 6.45) is 1.63. The minimum absolute atomic E-state index is 0.431. The highest BCUT2D eigenvalue weighted by Gasteiger charge is 2.28. The van der Waals surface area contributed by atoms with Gasteiger partial charge in [0.25, 0.3) is 11.7 Å². The fourth-order valence-electron chi connectivity index (χ4n) is 2.10. The molecule has 0 unspecified atom stereocenters. The smallest absolute Gasteiger partial charge is 0.296 e. The van der Waals surface area contributed by atoms with Crippen molar-refractivity contribution in [2.75, 3.05) is 17.3 Å². The van der Waals surface area contributed by atoms with Crippen molar-refractivity contribution in [2.45, 2.75) is 6.54 Å². The van der Waals surface area contributed by atoms with Crippen LogP contribution in [0.5, 0.6) is 0 Å². The first-order valence-electron chi connectivity index (χ1n) is 5.88. The first-order chi connectivity index (χ1) is 9.15. The van der Waals surface area contributed by atoms with Crippen molar-refractivity contribution in [3.05, 3.63) is 47.9 Å². The molecule has 0 bridgehead atoms. The van der Waals surface area contributed by atoms with Gasteiger partial charge in [0.15, 0.2) is 0 Å². The van der Waals surface area contributed by atoms with Crippen LogP contribution in [-0.2, 0) is 11.3 Å². The third kappa shape index (κ3) is 1.99. The maximum Gasteiger partial charge on any atom is 0.296 e. The van der Waals surface area contributed by atoms with E-state index in [2.05, 4.69) is 5.32 Å². The van der Waals surface area contributed by atoms with Gasteiger partial charge in [-0.05, 0) is 30.3 Å². The molecule has 1 N–H and O–H groups in total. The molecule has 0 radical (unpaired) electrons. The summed E-state index contributed by atoms with van der Waals surface area (Å²) in [7, 11) is 1.92. The lowest BCUT2D eigenvalue weighted by molar-refractivity contribution is -0.112. The van der Waals surface area contributed by atoms with E-state index in [4.69, 9.17) is 4.42 Å². The molecule has 0 spiro atoms. The van der Waals surface area contributed by atoms with Gasteiger partial charge in [-0.25, -0.2) is 0 Å². The van der Waals surface area contributed by atoms with Gasteiger partial charge in [-0.15, -0.1) is 0 Å². The van der Waals surface area contributed by atoms with E-state index in [-0.39, 0.29) is 0 Å². The van der Waals surface area contributed by atoms with Crippen LogP contribution in [0.3, 0.4) is 0 Å². The van der Waals surface area contributed by atoms with Crippen molar-refractivity contribution in [1.82, 2.24) is 0 Å². The van der Waals surface area contributed by atoms with Gasteiger partial charge in [-0.3, -0.25) is 9.59 Å². The molecule has 3 rings (SSSR count). The second kappa shape index (κ2) is 4.28. The number of Topliss-reactive ketones (excluding diaryl/α,β-unsaturated/α-hetero) is 1. The van der Waals surface area contributed by atoms with Gasteiger partial charge in [-0.1, -0.05) is 0 Å². The van der Waals surface area contributed by atoms with Crippen LogP contribution in [0.15, 0.2) is 41.0 Å². The maximum atomic E-state index is 11.5. The first kappa shape index (κ1) is 11.5. The van der Waals surface area contributed by atoms with Gasteiger partial charge in [0.1, 0.15) is 5.76 Å². The number of fused-ring (bicyclic) bond motifs is 1. The van der Waals surface area contributed by atoms with E-state index < -0.39 is 11.7 Å². The Morgan fingerprint density at radius 3 is 2.84 bits per heavy atom. The van der Waals surface area contributed by atoms with Crippen molar-refractivity contribution in [3.63, 3.8) is 0 Å². The molecule has 2 heterocycles. The topological polar surface area (TPSA) is 62.6 Å². The van der Waals surface area contributed by atoms with Gasteiger partial charge >= 0.3 is 0 Å². The monoisotopic (exact) mass is 256 g/mol. The number of hydrogen-bond acceptors (Lipinski definition) is 4. The number of nitrogens with one attached hydrogen (secondary N) is 1. The molecule has 1 amide bonds.